The maximum absolute atomic E-state index is 11.7. The van der Waals surface area contributed by atoms with Gasteiger partial charge < -0.3 is 5.32 Å². The van der Waals surface area contributed by atoms with Crippen molar-refractivity contribution in [1.29, 1.82) is 0 Å². The Balaban J connectivity index is 2.27. The van der Waals surface area contributed by atoms with E-state index in [1.165, 1.54) is 17.5 Å². The van der Waals surface area contributed by atoms with Crippen LogP contribution in [-0.4, -0.2) is 9.99 Å². The highest BCUT2D eigenvalue weighted by Crippen LogP contribution is 2.25. The molecule has 88 valence electrons. The van der Waals surface area contributed by atoms with Crippen LogP contribution in [0.3, 0.4) is 0 Å². The molecule has 1 heterocycles. The molecule has 7 heteroatoms. The molecule has 2 rings (SSSR count). The number of hydrogen-bond donors (Lipinski definition) is 1. The zero-order valence-electron chi connectivity index (χ0n) is 8.31. The summed E-state index contributed by atoms with van der Waals surface area (Å²) >= 11 is 12.7. The molecular formula is C10H6Cl2N2O2S. The fourth-order valence-corrected chi connectivity index (χ4v) is 2.12. The van der Waals surface area contributed by atoms with E-state index < -0.39 is 6.03 Å². The molecule has 1 aromatic heterocycles. The molecular weight excluding hydrogens is 283 g/mol. The Labute approximate surface area is 111 Å². The van der Waals surface area contributed by atoms with E-state index in [4.69, 9.17) is 23.2 Å². The predicted octanol–water partition coefficient (Wildman–Crippen LogP) is 3.30. The summed E-state index contributed by atoms with van der Waals surface area (Å²) < 4.78 is 0.983. The van der Waals surface area contributed by atoms with Crippen LogP contribution in [0.15, 0.2) is 34.4 Å². The molecule has 0 saturated heterocycles. The molecule has 0 radical (unpaired) electrons. The maximum Gasteiger partial charge on any atom is 0.342 e. The van der Waals surface area contributed by atoms with E-state index in [1.54, 1.807) is 12.1 Å². The summed E-state index contributed by atoms with van der Waals surface area (Å²) in [5, 5.41) is 4.84. The van der Waals surface area contributed by atoms with Crippen LogP contribution in [0.5, 0.6) is 0 Å². The number of benzene rings is 1. The van der Waals surface area contributed by atoms with Gasteiger partial charge in [-0.3, -0.25) is 4.79 Å². The van der Waals surface area contributed by atoms with Crippen molar-refractivity contribution in [3.63, 3.8) is 0 Å². The zero-order chi connectivity index (χ0) is 12.4. The molecule has 4 nitrogen and oxygen atoms in total. The van der Waals surface area contributed by atoms with Crippen LogP contribution in [0.2, 0.25) is 10.0 Å². The SMILES string of the molecule is O=C(Nc1cc(Cl)ccc1Cl)n1sccc1=O. The highest BCUT2D eigenvalue weighted by molar-refractivity contribution is 7.05. The largest absolute Gasteiger partial charge is 0.342 e. The number of carbonyl (C=O) groups excluding carboxylic acids is 1. The molecule has 0 aliphatic rings. The Morgan fingerprint density at radius 3 is 2.71 bits per heavy atom. The Hall–Kier alpha value is -1.30. The minimum atomic E-state index is -0.561. The molecule has 1 amide bonds. The van der Waals surface area contributed by atoms with E-state index in [0.29, 0.717) is 15.7 Å². The normalized spacial score (nSPS) is 10.2. The first-order valence-electron chi connectivity index (χ1n) is 4.51. The van der Waals surface area contributed by atoms with Crippen LogP contribution < -0.4 is 10.9 Å². The molecule has 1 N–H and O–H groups in total. The topological polar surface area (TPSA) is 51.1 Å². The predicted molar refractivity (Wildman–Crippen MR) is 69.5 cm³/mol. The monoisotopic (exact) mass is 288 g/mol. The van der Waals surface area contributed by atoms with Crippen LogP contribution in [0, 0.1) is 0 Å². The van der Waals surface area contributed by atoms with Crippen molar-refractivity contribution in [2.45, 2.75) is 0 Å². The number of nitrogens with one attached hydrogen (secondary N) is 1. The van der Waals surface area contributed by atoms with Gasteiger partial charge in [0.05, 0.1) is 10.7 Å². The van der Waals surface area contributed by atoms with Crippen molar-refractivity contribution in [1.82, 2.24) is 3.96 Å². The van der Waals surface area contributed by atoms with Crippen LogP contribution in [0.25, 0.3) is 0 Å². The lowest BCUT2D eigenvalue weighted by Crippen LogP contribution is -2.26. The minimum absolute atomic E-state index is 0.354. The van der Waals surface area contributed by atoms with Gasteiger partial charge in [-0.2, -0.15) is 3.96 Å². The number of nitrogens with zero attached hydrogens (tertiary/aromatic N) is 1. The van der Waals surface area contributed by atoms with Crippen molar-refractivity contribution in [2.75, 3.05) is 5.32 Å². The lowest BCUT2D eigenvalue weighted by atomic mass is 10.3. The van der Waals surface area contributed by atoms with Gasteiger partial charge in [0, 0.05) is 16.5 Å². The van der Waals surface area contributed by atoms with Gasteiger partial charge in [-0.05, 0) is 18.2 Å². The molecule has 0 unspecified atom stereocenters. The highest BCUT2D eigenvalue weighted by Gasteiger charge is 2.10. The second kappa shape index (κ2) is 4.91. The highest BCUT2D eigenvalue weighted by atomic mass is 35.5. The van der Waals surface area contributed by atoms with Gasteiger partial charge in [-0.25, -0.2) is 4.79 Å². The van der Waals surface area contributed by atoms with Crippen molar-refractivity contribution in [3.8, 4) is 0 Å². The van der Waals surface area contributed by atoms with Gasteiger partial charge in [-0.1, -0.05) is 34.7 Å². The van der Waals surface area contributed by atoms with E-state index in [1.807, 2.05) is 0 Å². The third-order valence-electron chi connectivity index (χ3n) is 1.93. The molecule has 17 heavy (non-hydrogen) atoms. The van der Waals surface area contributed by atoms with Crippen molar-refractivity contribution >= 4 is 46.5 Å². The van der Waals surface area contributed by atoms with E-state index in [2.05, 4.69) is 5.32 Å². The average molecular weight is 289 g/mol. The summed E-state index contributed by atoms with van der Waals surface area (Å²) in [5.41, 5.74) is -0.0184. The second-order valence-electron chi connectivity index (χ2n) is 3.10. The lowest BCUT2D eigenvalue weighted by molar-refractivity contribution is 0.255. The number of amides is 1. The first-order chi connectivity index (χ1) is 8.08. The molecule has 0 fully saturated rings. The van der Waals surface area contributed by atoms with E-state index in [9.17, 15) is 9.59 Å². The van der Waals surface area contributed by atoms with Crippen LogP contribution >= 0.6 is 34.7 Å². The third kappa shape index (κ3) is 2.69. The lowest BCUT2D eigenvalue weighted by Gasteiger charge is -2.06. The summed E-state index contributed by atoms with van der Waals surface area (Å²) in [6.45, 7) is 0. The summed E-state index contributed by atoms with van der Waals surface area (Å²) in [5.74, 6) is 0. The Kier molecular flexibility index (Phi) is 3.51. The van der Waals surface area contributed by atoms with E-state index in [0.717, 1.165) is 15.5 Å². The fraction of sp³-hybridized carbons (Fsp3) is 0. The quantitative estimate of drug-likeness (QED) is 0.875. The number of hydrogen-bond acceptors (Lipinski definition) is 3. The Bertz CT molecular complexity index is 621. The summed E-state index contributed by atoms with van der Waals surface area (Å²) in [4.78, 5) is 23.0. The van der Waals surface area contributed by atoms with Crippen LogP contribution in [-0.2, 0) is 0 Å². The Morgan fingerprint density at radius 1 is 1.29 bits per heavy atom. The summed E-state index contributed by atoms with van der Waals surface area (Å²) in [6, 6.07) is 5.44. The first kappa shape index (κ1) is 12.2. The molecule has 0 aliphatic carbocycles. The second-order valence-corrected chi connectivity index (χ2v) is 4.79. The standard InChI is InChI=1S/C10H6Cl2N2O2S/c11-6-1-2-7(12)8(5-6)13-10(16)14-9(15)3-4-17-14/h1-5H,(H,13,16). The molecule has 2 aromatic rings. The van der Waals surface area contributed by atoms with Crippen molar-refractivity contribution < 1.29 is 4.79 Å². The summed E-state index contributed by atoms with van der Waals surface area (Å²) in [6.07, 6.45) is 0. The molecule has 0 bridgehead atoms. The zero-order valence-corrected chi connectivity index (χ0v) is 10.6. The van der Waals surface area contributed by atoms with Crippen LogP contribution in [0.1, 0.15) is 0 Å². The molecule has 0 atom stereocenters. The number of halogens is 2. The van der Waals surface area contributed by atoms with Crippen molar-refractivity contribution in [3.05, 3.63) is 50.0 Å². The van der Waals surface area contributed by atoms with E-state index in [-0.39, 0.29) is 5.56 Å². The van der Waals surface area contributed by atoms with Gasteiger partial charge in [0.1, 0.15) is 0 Å². The van der Waals surface area contributed by atoms with E-state index >= 15 is 0 Å². The number of rotatable bonds is 1. The minimum Gasteiger partial charge on any atom is -0.305 e. The van der Waals surface area contributed by atoms with Gasteiger partial charge in [0.2, 0.25) is 0 Å². The molecule has 0 aliphatic heterocycles. The number of carbonyl (C=O) groups is 1. The summed E-state index contributed by atoms with van der Waals surface area (Å²) in [7, 11) is 0. The first-order valence-corrected chi connectivity index (χ1v) is 6.10. The smallest absolute Gasteiger partial charge is 0.305 e. The van der Waals surface area contributed by atoms with Gasteiger partial charge in [-0.15, -0.1) is 0 Å². The number of aromatic nitrogens is 1. The van der Waals surface area contributed by atoms with Gasteiger partial charge in [0.25, 0.3) is 5.56 Å². The molecule has 0 spiro atoms. The van der Waals surface area contributed by atoms with Crippen LogP contribution in [0.4, 0.5) is 10.5 Å². The Morgan fingerprint density at radius 2 is 2.06 bits per heavy atom. The number of anilines is 1. The third-order valence-corrected chi connectivity index (χ3v) is 3.31. The van der Waals surface area contributed by atoms with Gasteiger partial charge >= 0.3 is 6.03 Å². The average Bonchev–Trinajstić information content (AvgIpc) is 2.70. The molecule has 1 aromatic carbocycles. The maximum atomic E-state index is 11.7. The molecule has 0 saturated carbocycles. The fourth-order valence-electron chi connectivity index (χ4n) is 1.18. The van der Waals surface area contributed by atoms with Crippen molar-refractivity contribution in [2.24, 2.45) is 0 Å². The van der Waals surface area contributed by atoms with Gasteiger partial charge in [0.15, 0.2) is 0 Å².